The molecule has 100 valence electrons. The molecule has 0 saturated heterocycles. The number of halogens is 3. The van der Waals surface area contributed by atoms with Crippen LogP contribution in [0.15, 0.2) is 42.5 Å². The van der Waals surface area contributed by atoms with E-state index in [1.807, 2.05) is 36.4 Å². The molecule has 0 saturated carbocycles. The lowest BCUT2D eigenvalue weighted by molar-refractivity contribution is 0.552. The summed E-state index contributed by atoms with van der Waals surface area (Å²) in [5.41, 5.74) is 4.73. The predicted octanol–water partition coefficient (Wildman–Crippen LogP) is 4.39. The smallest absolute Gasteiger partial charge is 0.0624 e. The molecule has 0 amide bonds. The molecule has 5 heteroatoms. The summed E-state index contributed by atoms with van der Waals surface area (Å²) in [6.45, 7) is 0. The van der Waals surface area contributed by atoms with Crippen molar-refractivity contribution in [3.8, 4) is 0 Å². The maximum absolute atomic E-state index is 6.19. The van der Waals surface area contributed by atoms with Gasteiger partial charge in [0, 0.05) is 5.02 Å². The Morgan fingerprint density at radius 1 is 1.05 bits per heavy atom. The molecule has 0 bridgehead atoms. The summed E-state index contributed by atoms with van der Waals surface area (Å²) in [7, 11) is 0. The standard InChI is InChI=1S/C14H13Cl3N2/c15-11-5-1-3-9(7-11)13(19-18)8-10-4-2-6-12(16)14(10)17/h1-7,13,19H,8,18H2. The monoisotopic (exact) mass is 314 g/mol. The molecule has 2 aromatic rings. The fourth-order valence-corrected chi connectivity index (χ4v) is 2.52. The van der Waals surface area contributed by atoms with Crippen LogP contribution in [-0.4, -0.2) is 0 Å². The van der Waals surface area contributed by atoms with Gasteiger partial charge in [-0.3, -0.25) is 11.3 Å². The summed E-state index contributed by atoms with van der Waals surface area (Å²) in [4.78, 5) is 0. The zero-order chi connectivity index (χ0) is 13.8. The molecular weight excluding hydrogens is 303 g/mol. The highest BCUT2D eigenvalue weighted by molar-refractivity contribution is 6.42. The molecule has 2 rings (SSSR count). The van der Waals surface area contributed by atoms with Crippen LogP contribution in [0.5, 0.6) is 0 Å². The third-order valence-corrected chi connectivity index (χ3v) is 4.00. The zero-order valence-electron chi connectivity index (χ0n) is 10.0. The molecule has 0 aliphatic carbocycles. The third kappa shape index (κ3) is 3.62. The van der Waals surface area contributed by atoms with Crippen LogP contribution >= 0.6 is 34.8 Å². The predicted molar refractivity (Wildman–Crippen MR) is 81.7 cm³/mol. The van der Waals surface area contributed by atoms with Gasteiger partial charge in [-0.2, -0.15) is 0 Å². The Balaban J connectivity index is 2.26. The summed E-state index contributed by atoms with van der Waals surface area (Å²) in [6, 6.07) is 13.1. The molecule has 1 unspecified atom stereocenters. The van der Waals surface area contributed by atoms with Crippen LogP contribution in [0.3, 0.4) is 0 Å². The van der Waals surface area contributed by atoms with Gasteiger partial charge in [-0.15, -0.1) is 0 Å². The summed E-state index contributed by atoms with van der Waals surface area (Å²) in [5, 5.41) is 1.78. The molecule has 0 fully saturated rings. The minimum absolute atomic E-state index is 0.0744. The van der Waals surface area contributed by atoms with E-state index in [9.17, 15) is 0 Å². The summed E-state index contributed by atoms with van der Waals surface area (Å²) < 4.78 is 0. The lowest BCUT2D eigenvalue weighted by atomic mass is 9.99. The Bertz CT molecular complexity index is 572. The lowest BCUT2D eigenvalue weighted by Gasteiger charge is -2.17. The van der Waals surface area contributed by atoms with E-state index < -0.39 is 0 Å². The van der Waals surface area contributed by atoms with E-state index >= 15 is 0 Å². The van der Waals surface area contributed by atoms with E-state index in [4.69, 9.17) is 40.6 Å². The fourth-order valence-electron chi connectivity index (χ4n) is 1.92. The second kappa shape index (κ2) is 6.60. The van der Waals surface area contributed by atoms with E-state index in [1.54, 1.807) is 6.07 Å². The second-order valence-electron chi connectivity index (χ2n) is 4.19. The van der Waals surface area contributed by atoms with E-state index in [0.717, 1.165) is 11.1 Å². The van der Waals surface area contributed by atoms with Crippen LogP contribution in [-0.2, 0) is 6.42 Å². The minimum Gasteiger partial charge on any atom is -0.271 e. The summed E-state index contributed by atoms with van der Waals surface area (Å²) in [6.07, 6.45) is 0.635. The first-order valence-corrected chi connectivity index (χ1v) is 6.89. The van der Waals surface area contributed by atoms with E-state index in [2.05, 4.69) is 5.43 Å². The molecule has 0 aromatic heterocycles. The van der Waals surface area contributed by atoms with Crippen molar-refractivity contribution < 1.29 is 0 Å². The number of nitrogens with one attached hydrogen (secondary N) is 1. The first-order chi connectivity index (χ1) is 9.11. The normalized spacial score (nSPS) is 12.4. The Labute approximate surface area is 127 Å². The minimum atomic E-state index is -0.0744. The van der Waals surface area contributed by atoms with Crippen LogP contribution in [0, 0.1) is 0 Å². The Morgan fingerprint density at radius 3 is 2.47 bits per heavy atom. The molecule has 19 heavy (non-hydrogen) atoms. The molecule has 2 nitrogen and oxygen atoms in total. The van der Waals surface area contributed by atoms with Crippen molar-refractivity contribution in [3.05, 3.63) is 68.7 Å². The number of benzene rings is 2. The average molecular weight is 316 g/mol. The van der Waals surface area contributed by atoms with Gasteiger partial charge in [-0.25, -0.2) is 0 Å². The van der Waals surface area contributed by atoms with Gasteiger partial charge < -0.3 is 0 Å². The van der Waals surface area contributed by atoms with Gasteiger partial charge in [0.15, 0.2) is 0 Å². The topological polar surface area (TPSA) is 38.0 Å². The van der Waals surface area contributed by atoms with Crippen molar-refractivity contribution in [2.75, 3.05) is 0 Å². The van der Waals surface area contributed by atoms with Gasteiger partial charge in [0.2, 0.25) is 0 Å². The van der Waals surface area contributed by atoms with Crippen molar-refractivity contribution in [1.29, 1.82) is 0 Å². The summed E-state index contributed by atoms with van der Waals surface area (Å²) in [5.74, 6) is 5.62. The van der Waals surface area contributed by atoms with Crippen LogP contribution in [0.4, 0.5) is 0 Å². The van der Waals surface area contributed by atoms with Crippen molar-refractivity contribution in [2.24, 2.45) is 5.84 Å². The van der Waals surface area contributed by atoms with E-state index in [0.29, 0.717) is 21.5 Å². The lowest BCUT2D eigenvalue weighted by Crippen LogP contribution is -2.29. The van der Waals surface area contributed by atoms with Gasteiger partial charge in [0.1, 0.15) is 0 Å². The molecule has 0 aliphatic heterocycles. The first kappa shape index (κ1) is 14.6. The van der Waals surface area contributed by atoms with Gasteiger partial charge in [0.05, 0.1) is 16.1 Å². The van der Waals surface area contributed by atoms with Crippen molar-refractivity contribution >= 4 is 34.8 Å². The molecular formula is C14H13Cl3N2. The summed E-state index contributed by atoms with van der Waals surface area (Å²) >= 11 is 18.2. The first-order valence-electron chi connectivity index (χ1n) is 5.76. The molecule has 2 aromatic carbocycles. The number of hydrogen-bond acceptors (Lipinski definition) is 2. The molecule has 0 aliphatic rings. The van der Waals surface area contributed by atoms with Gasteiger partial charge >= 0.3 is 0 Å². The molecule has 0 spiro atoms. The number of rotatable bonds is 4. The number of hydrogen-bond donors (Lipinski definition) is 2. The number of hydrazine groups is 1. The Morgan fingerprint density at radius 2 is 1.79 bits per heavy atom. The maximum atomic E-state index is 6.19. The SMILES string of the molecule is NNC(Cc1cccc(Cl)c1Cl)c1cccc(Cl)c1. The Kier molecular flexibility index (Phi) is 5.08. The largest absolute Gasteiger partial charge is 0.271 e. The zero-order valence-corrected chi connectivity index (χ0v) is 12.3. The van der Waals surface area contributed by atoms with Crippen LogP contribution < -0.4 is 11.3 Å². The highest BCUT2D eigenvalue weighted by Crippen LogP contribution is 2.29. The van der Waals surface area contributed by atoms with Gasteiger partial charge in [0.25, 0.3) is 0 Å². The average Bonchev–Trinajstić information content (AvgIpc) is 2.40. The van der Waals surface area contributed by atoms with E-state index in [-0.39, 0.29) is 6.04 Å². The van der Waals surface area contributed by atoms with Crippen LogP contribution in [0.1, 0.15) is 17.2 Å². The van der Waals surface area contributed by atoms with Gasteiger partial charge in [-0.1, -0.05) is 59.1 Å². The van der Waals surface area contributed by atoms with Crippen molar-refractivity contribution in [1.82, 2.24) is 5.43 Å². The molecule has 0 radical (unpaired) electrons. The van der Waals surface area contributed by atoms with Crippen molar-refractivity contribution in [2.45, 2.75) is 12.5 Å². The third-order valence-electron chi connectivity index (χ3n) is 2.91. The fraction of sp³-hybridized carbons (Fsp3) is 0.143. The van der Waals surface area contributed by atoms with Crippen LogP contribution in [0.2, 0.25) is 15.1 Å². The highest BCUT2D eigenvalue weighted by atomic mass is 35.5. The quantitative estimate of drug-likeness (QED) is 0.648. The van der Waals surface area contributed by atoms with Crippen LogP contribution in [0.25, 0.3) is 0 Å². The van der Waals surface area contributed by atoms with Crippen molar-refractivity contribution in [3.63, 3.8) is 0 Å². The molecule has 1 atom stereocenters. The number of nitrogens with two attached hydrogens (primary N) is 1. The van der Waals surface area contributed by atoms with Gasteiger partial charge in [-0.05, 0) is 35.7 Å². The maximum Gasteiger partial charge on any atom is 0.0624 e. The highest BCUT2D eigenvalue weighted by Gasteiger charge is 2.14. The Hall–Kier alpha value is -0.770. The molecule has 3 N–H and O–H groups in total. The molecule has 0 heterocycles. The van der Waals surface area contributed by atoms with E-state index in [1.165, 1.54) is 0 Å². The second-order valence-corrected chi connectivity index (χ2v) is 5.41.